The van der Waals surface area contributed by atoms with E-state index in [9.17, 15) is 0 Å². The molecule has 0 spiro atoms. The second kappa shape index (κ2) is 7.10. The molecule has 2 N–H and O–H groups in total. The first kappa shape index (κ1) is 14.6. The van der Waals surface area contributed by atoms with Gasteiger partial charge in [0.05, 0.1) is 0 Å². The van der Waals surface area contributed by atoms with Crippen molar-refractivity contribution < 1.29 is 0 Å². The molecule has 0 fully saturated rings. The minimum absolute atomic E-state index is 0.540. The summed E-state index contributed by atoms with van der Waals surface area (Å²) in [7, 11) is 0. The Morgan fingerprint density at radius 1 is 1.20 bits per heavy atom. The van der Waals surface area contributed by atoms with Crippen molar-refractivity contribution in [2.45, 2.75) is 39.4 Å². The van der Waals surface area contributed by atoms with Crippen molar-refractivity contribution in [3.05, 3.63) is 48.2 Å². The Balaban J connectivity index is 1.83. The highest BCUT2D eigenvalue weighted by Crippen LogP contribution is 2.09. The van der Waals surface area contributed by atoms with Crippen molar-refractivity contribution in [3.63, 3.8) is 0 Å². The van der Waals surface area contributed by atoms with Crippen LogP contribution in [0.1, 0.15) is 25.8 Å². The van der Waals surface area contributed by atoms with Crippen molar-refractivity contribution in [3.8, 4) is 0 Å². The van der Waals surface area contributed by atoms with E-state index >= 15 is 0 Å². The molecule has 0 bridgehead atoms. The summed E-state index contributed by atoms with van der Waals surface area (Å²) in [6.07, 6.45) is 3.01. The first-order valence-electron chi connectivity index (χ1n) is 7.22. The Labute approximate surface area is 121 Å². The highest BCUT2D eigenvalue weighted by Gasteiger charge is 2.09. The van der Waals surface area contributed by atoms with Crippen molar-refractivity contribution in [2.75, 3.05) is 12.3 Å². The van der Waals surface area contributed by atoms with Crippen LogP contribution in [-0.4, -0.2) is 27.3 Å². The van der Waals surface area contributed by atoms with Crippen LogP contribution in [-0.2, 0) is 13.1 Å². The molecule has 108 valence electrons. The van der Waals surface area contributed by atoms with Crippen LogP contribution in [0.5, 0.6) is 0 Å². The minimum Gasteiger partial charge on any atom is -0.382 e. The first-order valence-corrected chi connectivity index (χ1v) is 7.22. The molecule has 0 saturated carbocycles. The summed E-state index contributed by atoms with van der Waals surface area (Å²) < 4.78 is 1.91. The number of hydrogen-bond acceptors (Lipinski definition) is 3. The molecule has 1 heterocycles. The summed E-state index contributed by atoms with van der Waals surface area (Å²) >= 11 is 0. The Kier molecular flexibility index (Phi) is 5.18. The molecule has 1 aromatic carbocycles. The standard InChI is InChI=1S/C16H24N4/c1-14(2)19(13-15-7-4-3-5-8-15)10-6-11-20-12-9-16(17)18-20/h3-5,7-9,12,14H,6,10-11,13H2,1-2H3,(H2,17,18). The fraction of sp³-hybridized carbons (Fsp3) is 0.438. The molecule has 20 heavy (non-hydrogen) atoms. The van der Waals surface area contributed by atoms with Gasteiger partial charge in [0.25, 0.3) is 0 Å². The Bertz CT molecular complexity index is 504. The highest BCUT2D eigenvalue weighted by atomic mass is 15.3. The summed E-state index contributed by atoms with van der Waals surface area (Å²) in [6.45, 7) is 7.46. The summed E-state index contributed by atoms with van der Waals surface area (Å²) in [6, 6.07) is 13.0. The maximum Gasteiger partial charge on any atom is 0.145 e. The van der Waals surface area contributed by atoms with Crippen LogP contribution in [0.2, 0.25) is 0 Å². The number of aromatic nitrogens is 2. The zero-order valence-electron chi connectivity index (χ0n) is 12.4. The van der Waals surface area contributed by atoms with E-state index in [0.29, 0.717) is 11.9 Å². The third-order valence-corrected chi connectivity index (χ3v) is 3.45. The van der Waals surface area contributed by atoms with Crippen molar-refractivity contribution >= 4 is 5.82 Å². The van der Waals surface area contributed by atoms with Crippen LogP contribution in [0, 0.1) is 0 Å². The van der Waals surface area contributed by atoms with Crippen molar-refractivity contribution in [1.82, 2.24) is 14.7 Å². The highest BCUT2D eigenvalue weighted by molar-refractivity contribution is 5.23. The minimum atomic E-state index is 0.540. The lowest BCUT2D eigenvalue weighted by atomic mass is 10.2. The molecule has 4 nitrogen and oxygen atoms in total. The van der Waals surface area contributed by atoms with E-state index < -0.39 is 0 Å². The number of benzene rings is 1. The van der Waals surface area contributed by atoms with Crippen molar-refractivity contribution in [1.29, 1.82) is 0 Å². The lowest BCUT2D eigenvalue weighted by Gasteiger charge is -2.26. The van der Waals surface area contributed by atoms with Crippen LogP contribution in [0.25, 0.3) is 0 Å². The fourth-order valence-corrected chi connectivity index (χ4v) is 2.28. The van der Waals surface area contributed by atoms with Crippen LogP contribution < -0.4 is 5.73 Å². The molecule has 1 aromatic heterocycles. The maximum absolute atomic E-state index is 5.62. The van der Waals surface area contributed by atoms with Crippen LogP contribution in [0.15, 0.2) is 42.6 Å². The maximum atomic E-state index is 5.62. The predicted molar refractivity (Wildman–Crippen MR) is 83.2 cm³/mol. The van der Waals surface area contributed by atoms with E-state index in [1.807, 2.05) is 16.9 Å². The summed E-state index contributed by atoms with van der Waals surface area (Å²) in [5.74, 6) is 0.593. The summed E-state index contributed by atoms with van der Waals surface area (Å²) in [4.78, 5) is 2.49. The smallest absolute Gasteiger partial charge is 0.145 e. The Morgan fingerprint density at radius 3 is 2.55 bits per heavy atom. The lowest BCUT2D eigenvalue weighted by molar-refractivity contribution is 0.205. The van der Waals surface area contributed by atoms with Gasteiger partial charge in [0, 0.05) is 31.9 Å². The molecular formula is C16H24N4. The topological polar surface area (TPSA) is 47.1 Å². The Morgan fingerprint density at radius 2 is 1.95 bits per heavy atom. The molecule has 0 aliphatic carbocycles. The number of aryl methyl sites for hydroxylation is 1. The van der Waals surface area contributed by atoms with E-state index in [-0.39, 0.29) is 0 Å². The molecule has 0 unspecified atom stereocenters. The molecule has 4 heteroatoms. The van der Waals surface area contributed by atoms with Gasteiger partial charge in [0.15, 0.2) is 0 Å². The van der Waals surface area contributed by atoms with Gasteiger partial charge >= 0.3 is 0 Å². The van der Waals surface area contributed by atoms with E-state index in [4.69, 9.17) is 5.73 Å². The lowest BCUT2D eigenvalue weighted by Crippen LogP contribution is -2.31. The van der Waals surface area contributed by atoms with Gasteiger partial charge in [-0.2, -0.15) is 5.10 Å². The average molecular weight is 272 g/mol. The average Bonchev–Trinajstić information content (AvgIpc) is 2.84. The van der Waals surface area contributed by atoms with Gasteiger partial charge in [-0.25, -0.2) is 0 Å². The number of nitrogens with zero attached hydrogens (tertiary/aromatic N) is 3. The molecule has 2 aromatic rings. The molecule has 0 aliphatic heterocycles. The number of anilines is 1. The van der Waals surface area contributed by atoms with Gasteiger partial charge in [0.1, 0.15) is 5.82 Å². The molecule has 0 aliphatic rings. The second-order valence-electron chi connectivity index (χ2n) is 5.41. The van der Waals surface area contributed by atoms with Gasteiger partial charge in [0.2, 0.25) is 0 Å². The number of nitrogens with two attached hydrogens (primary N) is 1. The summed E-state index contributed by atoms with van der Waals surface area (Å²) in [5.41, 5.74) is 6.98. The molecule has 2 rings (SSSR count). The Hall–Kier alpha value is -1.81. The van der Waals surface area contributed by atoms with Gasteiger partial charge in [-0.05, 0) is 31.9 Å². The van der Waals surface area contributed by atoms with Gasteiger partial charge in [-0.3, -0.25) is 9.58 Å². The molecule has 0 saturated heterocycles. The quantitative estimate of drug-likeness (QED) is 0.843. The van der Waals surface area contributed by atoms with E-state index in [1.165, 1.54) is 5.56 Å². The summed E-state index contributed by atoms with van der Waals surface area (Å²) in [5, 5.41) is 4.21. The van der Waals surface area contributed by atoms with Gasteiger partial charge in [-0.15, -0.1) is 0 Å². The van der Waals surface area contributed by atoms with E-state index in [1.54, 1.807) is 0 Å². The normalized spacial score (nSPS) is 11.4. The third kappa shape index (κ3) is 4.38. The van der Waals surface area contributed by atoms with E-state index in [2.05, 4.69) is 54.2 Å². The zero-order chi connectivity index (χ0) is 14.4. The predicted octanol–water partition coefficient (Wildman–Crippen LogP) is 2.77. The van der Waals surface area contributed by atoms with Crippen molar-refractivity contribution in [2.24, 2.45) is 0 Å². The largest absolute Gasteiger partial charge is 0.382 e. The first-order chi connectivity index (χ1) is 9.65. The molecular weight excluding hydrogens is 248 g/mol. The fourth-order valence-electron chi connectivity index (χ4n) is 2.28. The van der Waals surface area contributed by atoms with Crippen LogP contribution >= 0.6 is 0 Å². The number of hydrogen-bond donors (Lipinski definition) is 1. The number of nitrogen functional groups attached to an aromatic ring is 1. The monoisotopic (exact) mass is 272 g/mol. The SMILES string of the molecule is CC(C)N(CCCn1ccc(N)n1)Cc1ccccc1. The molecule has 0 radical (unpaired) electrons. The van der Waals surface area contributed by atoms with Crippen LogP contribution in [0.3, 0.4) is 0 Å². The zero-order valence-corrected chi connectivity index (χ0v) is 12.4. The van der Waals surface area contributed by atoms with Gasteiger partial charge < -0.3 is 5.73 Å². The molecule has 0 atom stereocenters. The molecule has 0 amide bonds. The number of rotatable bonds is 7. The van der Waals surface area contributed by atoms with Gasteiger partial charge in [-0.1, -0.05) is 30.3 Å². The van der Waals surface area contributed by atoms with Crippen LogP contribution in [0.4, 0.5) is 5.82 Å². The second-order valence-corrected chi connectivity index (χ2v) is 5.41. The third-order valence-electron chi connectivity index (χ3n) is 3.45. The van der Waals surface area contributed by atoms with E-state index in [0.717, 1.165) is 26.1 Å².